The third-order valence-electron chi connectivity index (χ3n) is 13.4. The molecule has 6 heteroatoms. The largest absolute Gasteiger partial charge is 0.462 e. The second-order valence-electron chi connectivity index (χ2n) is 21.3. The summed E-state index contributed by atoms with van der Waals surface area (Å²) in [5.74, 6) is -0.983. The number of hydrogen-bond acceptors (Lipinski definition) is 6. The molecule has 6 nitrogen and oxygen atoms in total. The number of carbonyl (C=O) groups excluding carboxylic acids is 3. The molecule has 0 saturated carbocycles. The Balaban J connectivity index is 4.44. The van der Waals surface area contributed by atoms with Gasteiger partial charge in [-0.25, -0.2) is 0 Å². The third-order valence-corrected chi connectivity index (χ3v) is 13.4. The molecule has 0 radical (unpaired) electrons. The van der Waals surface area contributed by atoms with Crippen molar-refractivity contribution in [2.45, 2.75) is 277 Å². The van der Waals surface area contributed by atoms with Gasteiger partial charge in [0.25, 0.3) is 0 Å². The number of allylic oxidation sites excluding steroid dienone is 28. The summed E-state index contributed by atoms with van der Waals surface area (Å²) in [5, 5.41) is 0. The molecule has 0 aromatic carbocycles. The molecule has 0 aliphatic heterocycles. The molecule has 0 spiro atoms. The Morgan fingerprint density at radius 1 is 0.256 bits per heavy atom. The van der Waals surface area contributed by atoms with E-state index in [9.17, 15) is 14.4 Å². The first kappa shape index (κ1) is 76.8. The van der Waals surface area contributed by atoms with Crippen molar-refractivity contribution in [1.29, 1.82) is 0 Å². The summed E-state index contributed by atoms with van der Waals surface area (Å²) >= 11 is 0. The van der Waals surface area contributed by atoms with Crippen LogP contribution in [0.1, 0.15) is 271 Å². The Morgan fingerprint density at radius 2 is 0.476 bits per heavy atom. The summed E-state index contributed by atoms with van der Waals surface area (Å²) < 4.78 is 16.9. The molecule has 82 heavy (non-hydrogen) atoms. The SMILES string of the molecule is CC/C=C\C/C=C\C/C=C\C/C=C\C/C=C\C/C=C\C/C=C\C/C=C\C/C=C\C/C=C\CCCCC(=O)OCC(COC(=O)CCCCCCC/C=C\C/C=C\C/C=C\CC)OC(=O)CCCCCCC/C=C\CCCCCCCCC. The zero-order valence-corrected chi connectivity index (χ0v) is 52.7. The lowest BCUT2D eigenvalue weighted by molar-refractivity contribution is -0.167. The first-order chi connectivity index (χ1) is 40.5. The maximum atomic E-state index is 12.9. The Morgan fingerprint density at radius 3 is 0.780 bits per heavy atom. The average Bonchev–Trinajstić information content (AvgIpc) is 3.47. The fourth-order valence-electron chi connectivity index (χ4n) is 8.54. The van der Waals surface area contributed by atoms with E-state index in [1.807, 2.05) is 0 Å². The molecular formula is C76H120O6. The van der Waals surface area contributed by atoms with Crippen LogP contribution in [-0.4, -0.2) is 37.2 Å². The first-order valence-corrected chi connectivity index (χ1v) is 33.1. The van der Waals surface area contributed by atoms with E-state index in [2.05, 4.69) is 191 Å². The fourth-order valence-corrected chi connectivity index (χ4v) is 8.54. The second kappa shape index (κ2) is 68.3. The fraction of sp³-hybridized carbons (Fsp3) is 0.592. The molecule has 0 saturated heterocycles. The number of esters is 3. The van der Waals surface area contributed by atoms with Crippen LogP contribution in [0.4, 0.5) is 0 Å². The molecular weight excluding hydrogens is 1010 g/mol. The van der Waals surface area contributed by atoms with E-state index in [4.69, 9.17) is 14.2 Å². The molecule has 1 atom stereocenters. The van der Waals surface area contributed by atoms with Crippen molar-refractivity contribution in [1.82, 2.24) is 0 Å². The van der Waals surface area contributed by atoms with Crippen LogP contribution in [0, 0.1) is 0 Å². The van der Waals surface area contributed by atoms with Crippen LogP contribution in [0.15, 0.2) is 170 Å². The minimum atomic E-state index is -0.817. The van der Waals surface area contributed by atoms with Gasteiger partial charge < -0.3 is 14.2 Å². The van der Waals surface area contributed by atoms with E-state index in [1.165, 1.54) is 57.8 Å². The molecule has 460 valence electrons. The van der Waals surface area contributed by atoms with Crippen LogP contribution in [0.3, 0.4) is 0 Å². The topological polar surface area (TPSA) is 78.9 Å². The molecule has 0 aliphatic rings. The lowest BCUT2D eigenvalue weighted by atomic mass is 10.1. The highest BCUT2D eigenvalue weighted by Gasteiger charge is 2.19. The minimum Gasteiger partial charge on any atom is -0.462 e. The summed E-state index contributed by atoms with van der Waals surface area (Å²) in [7, 11) is 0. The van der Waals surface area contributed by atoms with Crippen LogP contribution in [0.2, 0.25) is 0 Å². The monoisotopic (exact) mass is 1130 g/mol. The van der Waals surface area contributed by atoms with E-state index >= 15 is 0 Å². The van der Waals surface area contributed by atoms with E-state index in [0.29, 0.717) is 19.3 Å². The summed E-state index contributed by atoms with van der Waals surface area (Å²) in [5.41, 5.74) is 0. The normalized spacial score (nSPS) is 13.3. The van der Waals surface area contributed by atoms with E-state index in [0.717, 1.165) is 167 Å². The molecule has 0 aromatic rings. The van der Waals surface area contributed by atoms with Gasteiger partial charge in [-0.15, -0.1) is 0 Å². The molecule has 0 rings (SSSR count). The minimum absolute atomic E-state index is 0.111. The van der Waals surface area contributed by atoms with Gasteiger partial charge in [-0.3, -0.25) is 14.4 Å². The lowest BCUT2D eigenvalue weighted by Crippen LogP contribution is -2.30. The predicted octanol–water partition coefficient (Wildman–Crippen LogP) is 23.0. The third kappa shape index (κ3) is 65.6. The Hall–Kier alpha value is -5.23. The smallest absolute Gasteiger partial charge is 0.306 e. The van der Waals surface area contributed by atoms with Crippen molar-refractivity contribution in [3.8, 4) is 0 Å². The van der Waals surface area contributed by atoms with Gasteiger partial charge >= 0.3 is 17.9 Å². The summed E-state index contributed by atoms with van der Waals surface area (Å²) in [4.78, 5) is 38.3. The van der Waals surface area contributed by atoms with Crippen LogP contribution in [-0.2, 0) is 28.6 Å². The summed E-state index contributed by atoms with van der Waals surface area (Å²) in [6, 6.07) is 0. The van der Waals surface area contributed by atoms with Gasteiger partial charge in [0.15, 0.2) is 6.10 Å². The molecule has 1 unspecified atom stereocenters. The second-order valence-corrected chi connectivity index (χ2v) is 21.3. The van der Waals surface area contributed by atoms with Gasteiger partial charge in [-0.2, -0.15) is 0 Å². The molecule has 0 fully saturated rings. The van der Waals surface area contributed by atoms with Crippen molar-refractivity contribution in [2.75, 3.05) is 13.2 Å². The van der Waals surface area contributed by atoms with Gasteiger partial charge in [0, 0.05) is 19.3 Å². The molecule has 0 amide bonds. The Kier molecular flexibility index (Phi) is 63.9. The number of unbranched alkanes of at least 4 members (excludes halogenated alkanes) is 19. The molecule has 0 heterocycles. The van der Waals surface area contributed by atoms with E-state index < -0.39 is 6.10 Å². The van der Waals surface area contributed by atoms with Crippen LogP contribution in [0.25, 0.3) is 0 Å². The van der Waals surface area contributed by atoms with E-state index in [-0.39, 0.29) is 37.5 Å². The maximum absolute atomic E-state index is 12.9. The quantitative estimate of drug-likeness (QED) is 0.0261. The lowest BCUT2D eigenvalue weighted by Gasteiger charge is -2.18. The van der Waals surface area contributed by atoms with Crippen molar-refractivity contribution < 1.29 is 28.6 Å². The van der Waals surface area contributed by atoms with Crippen LogP contribution < -0.4 is 0 Å². The Labute approximate surface area is 504 Å². The van der Waals surface area contributed by atoms with Gasteiger partial charge in [-0.1, -0.05) is 268 Å². The Bertz CT molecular complexity index is 1870. The highest BCUT2D eigenvalue weighted by molar-refractivity contribution is 5.71. The van der Waals surface area contributed by atoms with Crippen molar-refractivity contribution >= 4 is 17.9 Å². The number of carbonyl (C=O) groups is 3. The molecule has 0 aliphatic carbocycles. The van der Waals surface area contributed by atoms with Crippen LogP contribution >= 0.6 is 0 Å². The molecule has 0 aromatic heterocycles. The maximum Gasteiger partial charge on any atom is 0.306 e. The van der Waals surface area contributed by atoms with Gasteiger partial charge in [-0.05, 0) is 154 Å². The summed E-state index contributed by atoms with van der Waals surface area (Å²) in [6.07, 6.45) is 101. The standard InChI is InChI=1S/C76H120O6/c1-4-7-10-13-16-19-22-25-28-30-31-32-33-34-35-36-37-38-39-40-41-42-43-44-45-46-49-51-54-57-60-63-66-69-75(78)81-72-73(71-80-74(77)68-65-62-59-56-53-50-47-27-24-21-18-15-12-9-6-3)82-76(79)70-67-64-61-58-55-52-48-29-26-23-20-17-14-11-8-5-2/h7,9-10,12,16,18-19,21,25,27-29,31-32,34-35,37-38,40-41,43-44,46-49,54,57,73H,4-6,8,11,13-15,17,20,22-24,26,30,33,36,39,42,45,50-53,55-56,58-72H2,1-3H3/b10-7-,12-9-,19-16-,21-18-,28-25-,32-31-,35-34-,38-37-,41-40-,44-43-,47-27-,48-29-,49-46-,57-54-. The summed E-state index contributed by atoms with van der Waals surface area (Å²) in [6.45, 7) is 6.35. The van der Waals surface area contributed by atoms with Crippen LogP contribution in [0.5, 0.6) is 0 Å². The first-order valence-electron chi connectivity index (χ1n) is 33.1. The van der Waals surface area contributed by atoms with Crippen molar-refractivity contribution in [2.24, 2.45) is 0 Å². The number of ether oxygens (including phenoxy) is 3. The molecule has 0 bridgehead atoms. The highest BCUT2D eigenvalue weighted by Crippen LogP contribution is 2.14. The van der Waals surface area contributed by atoms with Gasteiger partial charge in [0.1, 0.15) is 13.2 Å². The zero-order valence-electron chi connectivity index (χ0n) is 52.7. The van der Waals surface area contributed by atoms with Gasteiger partial charge in [0.2, 0.25) is 0 Å². The predicted molar refractivity (Wildman–Crippen MR) is 357 cm³/mol. The van der Waals surface area contributed by atoms with Crippen molar-refractivity contribution in [3.63, 3.8) is 0 Å². The van der Waals surface area contributed by atoms with Crippen molar-refractivity contribution in [3.05, 3.63) is 170 Å². The van der Waals surface area contributed by atoms with E-state index in [1.54, 1.807) is 0 Å². The number of rotatable bonds is 58. The zero-order chi connectivity index (χ0) is 59.2. The molecule has 0 N–H and O–H groups in total. The highest BCUT2D eigenvalue weighted by atomic mass is 16.6. The average molecular weight is 1130 g/mol. The van der Waals surface area contributed by atoms with Gasteiger partial charge in [0.05, 0.1) is 0 Å². The number of hydrogen-bond donors (Lipinski definition) is 0.